The van der Waals surface area contributed by atoms with Crippen molar-refractivity contribution in [3.63, 3.8) is 0 Å². The molecule has 6 nitrogen and oxygen atoms in total. The van der Waals surface area contributed by atoms with E-state index in [0.29, 0.717) is 32.0 Å². The van der Waals surface area contributed by atoms with Crippen LogP contribution in [-0.4, -0.2) is 39.4 Å². The molecule has 0 bridgehead atoms. The topological polar surface area (TPSA) is 81.2 Å². The Kier molecular flexibility index (Phi) is 4.32. The van der Waals surface area contributed by atoms with Crippen molar-refractivity contribution in [3.8, 4) is 0 Å². The minimum atomic E-state index is -0.254. The lowest BCUT2D eigenvalue weighted by Gasteiger charge is -2.31. The van der Waals surface area contributed by atoms with Crippen LogP contribution in [0.4, 0.5) is 0 Å². The van der Waals surface area contributed by atoms with Crippen molar-refractivity contribution < 1.29 is 9.59 Å². The number of aromatic nitrogens is 2. The Morgan fingerprint density at radius 3 is 2.65 bits per heavy atom. The predicted molar refractivity (Wildman–Crippen MR) is 87.6 cm³/mol. The monoisotopic (exact) mass is 314 g/mol. The summed E-state index contributed by atoms with van der Waals surface area (Å²) < 4.78 is 1.97. The van der Waals surface area contributed by atoms with Crippen LogP contribution < -0.4 is 5.73 Å². The number of piperidine rings is 1. The van der Waals surface area contributed by atoms with Gasteiger partial charge in [-0.15, -0.1) is 0 Å². The minimum Gasteiger partial charge on any atom is -0.370 e. The lowest BCUT2D eigenvalue weighted by atomic mass is 9.93. The standard InChI is InChI=1S/C17H22N4O2/c1-12-19-14-4-2-3-5-15(14)21(12)11-17(23)20-8-6-13(7-9-20)10-16(18)22/h2-5,13H,6-11H2,1H3,(H2,18,22). The van der Waals surface area contributed by atoms with Crippen molar-refractivity contribution in [2.75, 3.05) is 13.1 Å². The van der Waals surface area contributed by atoms with Crippen LogP contribution in [0.15, 0.2) is 24.3 Å². The molecule has 2 heterocycles. The highest BCUT2D eigenvalue weighted by molar-refractivity contribution is 5.81. The number of rotatable bonds is 4. The van der Waals surface area contributed by atoms with Crippen LogP contribution in [0.5, 0.6) is 0 Å². The van der Waals surface area contributed by atoms with Gasteiger partial charge in [0.05, 0.1) is 11.0 Å². The molecule has 1 aromatic heterocycles. The number of nitrogens with two attached hydrogens (primary N) is 1. The molecule has 1 aliphatic heterocycles. The molecule has 2 aromatic rings. The van der Waals surface area contributed by atoms with Crippen LogP contribution in [0.1, 0.15) is 25.1 Å². The first-order chi connectivity index (χ1) is 11.0. The first kappa shape index (κ1) is 15.5. The number of para-hydroxylation sites is 2. The Balaban J connectivity index is 1.65. The molecule has 2 N–H and O–H groups in total. The number of hydrogen-bond acceptors (Lipinski definition) is 3. The van der Waals surface area contributed by atoms with E-state index in [-0.39, 0.29) is 11.8 Å². The molecule has 0 atom stereocenters. The molecule has 122 valence electrons. The van der Waals surface area contributed by atoms with Gasteiger partial charge in [-0.25, -0.2) is 4.98 Å². The summed E-state index contributed by atoms with van der Waals surface area (Å²) in [5, 5.41) is 0. The highest BCUT2D eigenvalue weighted by Gasteiger charge is 2.24. The SMILES string of the molecule is Cc1nc2ccccc2n1CC(=O)N1CCC(CC(N)=O)CC1. The Bertz CT molecular complexity index is 729. The molecular formula is C17H22N4O2. The fourth-order valence-electron chi connectivity index (χ4n) is 3.30. The number of primary amides is 1. The summed E-state index contributed by atoms with van der Waals surface area (Å²) in [4.78, 5) is 29.9. The fraction of sp³-hybridized carbons (Fsp3) is 0.471. The minimum absolute atomic E-state index is 0.105. The number of amides is 2. The second kappa shape index (κ2) is 6.40. The molecule has 3 rings (SSSR count). The number of carbonyl (C=O) groups is 2. The molecule has 1 fully saturated rings. The van der Waals surface area contributed by atoms with E-state index in [2.05, 4.69) is 4.98 Å². The van der Waals surface area contributed by atoms with E-state index >= 15 is 0 Å². The molecule has 6 heteroatoms. The summed E-state index contributed by atoms with van der Waals surface area (Å²) in [5.41, 5.74) is 7.15. The second-order valence-electron chi connectivity index (χ2n) is 6.23. The third-order valence-corrected chi connectivity index (χ3v) is 4.60. The van der Waals surface area contributed by atoms with Crippen molar-refractivity contribution in [3.05, 3.63) is 30.1 Å². The number of fused-ring (bicyclic) bond motifs is 1. The van der Waals surface area contributed by atoms with Gasteiger partial charge < -0.3 is 15.2 Å². The lowest BCUT2D eigenvalue weighted by Crippen LogP contribution is -2.41. The van der Waals surface area contributed by atoms with Crippen molar-refractivity contribution in [1.82, 2.24) is 14.5 Å². The van der Waals surface area contributed by atoms with Gasteiger partial charge in [-0.2, -0.15) is 0 Å². The molecule has 2 amide bonds. The smallest absolute Gasteiger partial charge is 0.242 e. The van der Waals surface area contributed by atoms with Crippen LogP contribution >= 0.6 is 0 Å². The van der Waals surface area contributed by atoms with E-state index in [1.54, 1.807) is 0 Å². The maximum atomic E-state index is 12.6. The molecule has 23 heavy (non-hydrogen) atoms. The summed E-state index contributed by atoms with van der Waals surface area (Å²) in [6.45, 7) is 3.63. The molecule has 0 spiro atoms. The third kappa shape index (κ3) is 3.36. The van der Waals surface area contributed by atoms with Crippen LogP contribution in [0.3, 0.4) is 0 Å². The van der Waals surface area contributed by atoms with Gasteiger partial charge in [-0.1, -0.05) is 12.1 Å². The number of imidazole rings is 1. The van der Waals surface area contributed by atoms with E-state index in [4.69, 9.17) is 5.73 Å². The number of aryl methyl sites for hydroxylation is 1. The Hall–Kier alpha value is -2.37. The molecule has 0 aliphatic carbocycles. The molecule has 1 saturated heterocycles. The predicted octanol–water partition coefficient (Wildman–Crippen LogP) is 1.46. The van der Waals surface area contributed by atoms with Crippen LogP contribution in [-0.2, 0) is 16.1 Å². The van der Waals surface area contributed by atoms with Gasteiger partial charge in [0.15, 0.2) is 0 Å². The van der Waals surface area contributed by atoms with E-state index in [0.717, 1.165) is 29.7 Å². The normalized spacial score (nSPS) is 16.0. The Labute approximate surface area is 135 Å². The number of benzene rings is 1. The van der Waals surface area contributed by atoms with Crippen molar-refractivity contribution in [2.45, 2.75) is 32.7 Å². The van der Waals surface area contributed by atoms with E-state index in [9.17, 15) is 9.59 Å². The van der Waals surface area contributed by atoms with E-state index < -0.39 is 0 Å². The number of likely N-dealkylation sites (tertiary alicyclic amines) is 1. The zero-order chi connectivity index (χ0) is 16.4. The van der Waals surface area contributed by atoms with Gasteiger partial charge in [0.1, 0.15) is 12.4 Å². The lowest BCUT2D eigenvalue weighted by molar-refractivity contribution is -0.133. The maximum Gasteiger partial charge on any atom is 0.242 e. The highest BCUT2D eigenvalue weighted by atomic mass is 16.2. The van der Waals surface area contributed by atoms with Gasteiger partial charge in [-0.3, -0.25) is 9.59 Å². The van der Waals surface area contributed by atoms with Gasteiger partial charge in [0.25, 0.3) is 0 Å². The largest absolute Gasteiger partial charge is 0.370 e. The quantitative estimate of drug-likeness (QED) is 0.927. The van der Waals surface area contributed by atoms with Crippen molar-refractivity contribution in [1.29, 1.82) is 0 Å². The average molecular weight is 314 g/mol. The number of hydrogen-bond donors (Lipinski definition) is 1. The summed E-state index contributed by atoms with van der Waals surface area (Å²) in [6.07, 6.45) is 2.12. The van der Waals surface area contributed by atoms with E-state index in [1.165, 1.54) is 0 Å². The Morgan fingerprint density at radius 1 is 1.26 bits per heavy atom. The molecule has 1 aliphatic rings. The van der Waals surface area contributed by atoms with Gasteiger partial charge in [0.2, 0.25) is 11.8 Å². The third-order valence-electron chi connectivity index (χ3n) is 4.60. The average Bonchev–Trinajstić information content (AvgIpc) is 2.83. The van der Waals surface area contributed by atoms with Crippen LogP contribution in [0, 0.1) is 12.8 Å². The number of nitrogens with zero attached hydrogens (tertiary/aromatic N) is 3. The van der Waals surface area contributed by atoms with Gasteiger partial charge in [0, 0.05) is 19.5 Å². The zero-order valence-corrected chi connectivity index (χ0v) is 13.4. The fourth-order valence-corrected chi connectivity index (χ4v) is 3.30. The maximum absolute atomic E-state index is 12.6. The first-order valence-electron chi connectivity index (χ1n) is 8.02. The van der Waals surface area contributed by atoms with Gasteiger partial charge in [-0.05, 0) is 37.8 Å². The Morgan fingerprint density at radius 2 is 1.96 bits per heavy atom. The highest BCUT2D eigenvalue weighted by Crippen LogP contribution is 2.21. The molecular weight excluding hydrogens is 292 g/mol. The second-order valence-corrected chi connectivity index (χ2v) is 6.23. The zero-order valence-electron chi connectivity index (χ0n) is 13.4. The van der Waals surface area contributed by atoms with E-state index in [1.807, 2.05) is 40.7 Å². The van der Waals surface area contributed by atoms with Crippen LogP contribution in [0.25, 0.3) is 11.0 Å². The summed E-state index contributed by atoms with van der Waals surface area (Å²) in [6, 6.07) is 7.85. The molecule has 0 saturated carbocycles. The summed E-state index contributed by atoms with van der Waals surface area (Å²) >= 11 is 0. The van der Waals surface area contributed by atoms with Crippen molar-refractivity contribution in [2.24, 2.45) is 11.7 Å². The number of carbonyl (C=O) groups excluding carboxylic acids is 2. The molecule has 0 unspecified atom stereocenters. The summed E-state index contributed by atoms with van der Waals surface area (Å²) in [5.74, 6) is 1.01. The molecule has 1 aromatic carbocycles. The van der Waals surface area contributed by atoms with Crippen molar-refractivity contribution >= 4 is 22.8 Å². The van der Waals surface area contributed by atoms with Crippen LogP contribution in [0.2, 0.25) is 0 Å². The van der Waals surface area contributed by atoms with Gasteiger partial charge >= 0.3 is 0 Å². The molecule has 0 radical (unpaired) electrons. The summed E-state index contributed by atoms with van der Waals surface area (Å²) in [7, 11) is 0. The first-order valence-corrected chi connectivity index (χ1v) is 8.02.